The molecule has 5 heteroatoms. The van der Waals surface area contributed by atoms with Crippen molar-refractivity contribution in [2.75, 3.05) is 19.7 Å². The van der Waals surface area contributed by atoms with Gasteiger partial charge in [0.25, 0.3) is 5.91 Å². The monoisotopic (exact) mass is 298 g/mol. The molecule has 1 aliphatic rings. The van der Waals surface area contributed by atoms with Crippen molar-refractivity contribution in [3.63, 3.8) is 0 Å². The van der Waals surface area contributed by atoms with E-state index in [1.807, 2.05) is 18.7 Å². The van der Waals surface area contributed by atoms with E-state index >= 15 is 0 Å². The molecule has 1 saturated heterocycles. The number of halogens is 1. The lowest BCUT2D eigenvalue weighted by molar-refractivity contribution is -0.0124. The number of carbonyl (C=O) groups excluding carboxylic acids is 1. The highest BCUT2D eigenvalue weighted by molar-refractivity contribution is 9.10. The van der Waals surface area contributed by atoms with Crippen molar-refractivity contribution in [3.8, 4) is 0 Å². The number of pyridine rings is 1. The highest BCUT2D eigenvalue weighted by Gasteiger charge is 2.24. The first kappa shape index (κ1) is 12.5. The molecule has 2 heterocycles. The normalized spacial score (nSPS) is 20.4. The van der Waals surface area contributed by atoms with Crippen LogP contribution in [0.2, 0.25) is 0 Å². The van der Waals surface area contributed by atoms with Gasteiger partial charge in [-0.05, 0) is 35.3 Å². The standard InChI is InChI=1S/C12H15BrN2O2/c1-8-7-15(3-4-17-8)12(16)10-5-14-6-11(13)9(10)2/h5-6,8H,3-4,7H2,1-2H3/t8-/m1/s1. The third-order valence-corrected chi connectivity index (χ3v) is 3.71. The first-order chi connectivity index (χ1) is 8.09. The Labute approximate surface area is 109 Å². The van der Waals surface area contributed by atoms with Gasteiger partial charge < -0.3 is 9.64 Å². The molecule has 4 nitrogen and oxygen atoms in total. The minimum atomic E-state index is 0.0338. The first-order valence-electron chi connectivity index (χ1n) is 5.60. The third-order valence-electron chi connectivity index (χ3n) is 2.91. The number of aromatic nitrogens is 1. The zero-order valence-corrected chi connectivity index (χ0v) is 11.5. The first-order valence-corrected chi connectivity index (χ1v) is 6.40. The van der Waals surface area contributed by atoms with E-state index in [4.69, 9.17) is 4.74 Å². The second kappa shape index (κ2) is 5.14. The minimum Gasteiger partial charge on any atom is -0.375 e. The molecule has 92 valence electrons. The number of rotatable bonds is 1. The Kier molecular flexibility index (Phi) is 3.79. The van der Waals surface area contributed by atoms with Crippen LogP contribution in [0.4, 0.5) is 0 Å². The van der Waals surface area contributed by atoms with Crippen LogP contribution in [0.5, 0.6) is 0 Å². The number of nitrogens with zero attached hydrogens (tertiary/aromatic N) is 2. The van der Waals surface area contributed by atoms with Crippen LogP contribution in [0.25, 0.3) is 0 Å². The van der Waals surface area contributed by atoms with Crippen LogP contribution in [0.1, 0.15) is 22.8 Å². The van der Waals surface area contributed by atoms with Crippen LogP contribution in [-0.4, -0.2) is 41.6 Å². The fourth-order valence-corrected chi connectivity index (χ4v) is 2.22. The predicted molar refractivity (Wildman–Crippen MR) is 68.0 cm³/mol. The maximum atomic E-state index is 12.3. The lowest BCUT2D eigenvalue weighted by Gasteiger charge is -2.31. The van der Waals surface area contributed by atoms with Gasteiger partial charge in [-0.25, -0.2) is 0 Å². The van der Waals surface area contributed by atoms with Crippen molar-refractivity contribution >= 4 is 21.8 Å². The van der Waals surface area contributed by atoms with E-state index in [1.54, 1.807) is 12.4 Å². The lowest BCUT2D eigenvalue weighted by Crippen LogP contribution is -2.44. The second-order valence-electron chi connectivity index (χ2n) is 4.23. The molecule has 1 aromatic rings. The molecule has 0 saturated carbocycles. The van der Waals surface area contributed by atoms with Gasteiger partial charge >= 0.3 is 0 Å². The molecule has 0 radical (unpaired) electrons. The van der Waals surface area contributed by atoms with E-state index in [0.717, 1.165) is 10.0 Å². The number of amides is 1. The maximum Gasteiger partial charge on any atom is 0.255 e. The zero-order chi connectivity index (χ0) is 12.4. The van der Waals surface area contributed by atoms with Crippen LogP contribution in [0.3, 0.4) is 0 Å². The van der Waals surface area contributed by atoms with Crippen LogP contribution in [0.15, 0.2) is 16.9 Å². The largest absolute Gasteiger partial charge is 0.375 e. The van der Waals surface area contributed by atoms with Crippen LogP contribution >= 0.6 is 15.9 Å². The van der Waals surface area contributed by atoms with Gasteiger partial charge in [-0.3, -0.25) is 9.78 Å². The summed E-state index contributed by atoms with van der Waals surface area (Å²) in [5.41, 5.74) is 1.60. The summed E-state index contributed by atoms with van der Waals surface area (Å²) in [7, 11) is 0. The van der Waals surface area contributed by atoms with Crippen molar-refractivity contribution in [3.05, 3.63) is 28.0 Å². The molecule has 1 fully saturated rings. The molecule has 0 bridgehead atoms. The van der Waals surface area contributed by atoms with E-state index in [0.29, 0.717) is 25.3 Å². The summed E-state index contributed by atoms with van der Waals surface area (Å²) in [6, 6.07) is 0. The summed E-state index contributed by atoms with van der Waals surface area (Å²) in [6.45, 7) is 5.79. The zero-order valence-electron chi connectivity index (χ0n) is 9.94. The summed E-state index contributed by atoms with van der Waals surface area (Å²) in [6.07, 6.45) is 3.43. The van der Waals surface area contributed by atoms with E-state index in [-0.39, 0.29) is 12.0 Å². The Morgan fingerprint density at radius 3 is 3.06 bits per heavy atom. The fourth-order valence-electron chi connectivity index (χ4n) is 1.89. The topological polar surface area (TPSA) is 42.4 Å². The predicted octanol–water partition coefficient (Wildman–Crippen LogP) is 2.01. The molecule has 1 aliphatic heterocycles. The van der Waals surface area contributed by atoms with Gasteiger partial charge in [0.2, 0.25) is 0 Å². The van der Waals surface area contributed by atoms with E-state index in [9.17, 15) is 4.79 Å². The molecule has 17 heavy (non-hydrogen) atoms. The summed E-state index contributed by atoms with van der Waals surface area (Å²) in [5, 5.41) is 0. The van der Waals surface area contributed by atoms with Gasteiger partial charge in [-0.1, -0.05) is 0 Å². The molecule has 0 spiro atoms. The number of ether oxygens (including phenoxy) is 1. The lowest BCUT2D eigenvalue weighted by atomic mass is 10.1. The highest BCUT2D eigenvalue weighted by Crippen LogP contribution is 2.20. The van der Waals surface area contributed by atoms with Crippen molar-refractivity contribution < 1.29 is 9.53 Å². The van der Waals surface area contributed by atoms with Crippen LogP contribution in [-0.2, 0) is 4.74 Å². The maximum absolute atomic E-state index is 12.3. The van der Waals surface area contributed by atoms with E-state index < -0.39 is 0 Å². The van der Waals surface area contributed by atoms with Gasteiger partial charge in [0, 0.05) is 30.0 Å². The van der Waals surface area contributed by atoms with Gasteiger partial charge in [0.05, 0.1) is 18.3 Å². The molecule has 0 aromatic carbocycles. The van der Waals surface area contributed by atoms with Gasteiger partial charge in [0.15, 0.2) is 0 Å². The Bertz CT molecular complexity index is 437. The Balaban J connectivity index is 2.22. The Morgan fingerprint density at radius 1 is 1.59 bits per heavy atom. The average molecular weight is 299 g/mol. The summed E-state index contributed by atoms with van der Waals surface area (Å²) >= 11 is 3.39. The number of hydrogen-bond donors (Lipinski definition) is 0. The average Bonchev–Trinajstić information content (AvgIpc) is 2.32. The SMILES string of the molecule is Cc1c(Br)cncc1C(=O)N1CCO[C@H](C)C1. The number of morpholine rings is 1. The van der Waals surface area contributed by atoms with E-state index in [1.165, 1.54) is 0 Å². The molecule has 0 N–H and O–H groups in total. The Hall–Kier alpha value is -0.940. The van der Waals surface area contributed by atoms with Gasteiger partial charge in [-0.2, -0.15) is 0 Å². The molecule has 1 aromatic heterocycles. The van der Waals surface area contributed by atoms with Gasteiger partial charge in [0.1, 0.15) is 0 Å². The fraction of sp³-hybridized carbons (Fsp3) is 0.500. The summed E-state index contributed by atoms with van der Waals surface area (Å²) < 4.78 is 6.29. The quantitative estimate of drug-likeness (QED) is 0.796. The summed E-state index contributed by atoms with van der Waals surface area (Å²) in [5.74, 6) is 0.0338. The van der Waals surface area contributed by atoms with Crippen molar-refractivity contribution in [1.82, 2.24) is 9.88 Å². The van der Waals surface area contributed by atoms with Crippen molar-refractivity contribution in [1.29, 1.82) is 0 Å². The molecular weight excluding hydrogens is 284 g/mol. The van der Waals surface area contributed by atoms with Crippen molar-refractivity contribution in [2.24, 2.45) is 0 Å². The molecule has 1 atom stereocenters. The molecule has 0 aliphatic carbocycles. The Morgan fingerprint density at radius 2 is 2.35 bits per heavy atom. The van der Waals surface area contributed by atoms with Crippen molar-refractivity contribution in [2.45, 2.75) is 20.0 Å². The number of hydrogen-bond acceptors (Lipinski definition) is 3. The molecule has 1 amide bonds. The third kappa shape index (κ3) is 2.66. The molecular formula is C12H15BrN2O2. The smallest absolute Gasteiger partial charge is 0.255 e. The minimum absolute atomic E-state index is 0.0338. The molecule has 2 rings (SSSR count). The summed E-state index contributed by atoms with van der Waals surface area (Å²) in [4.78, 5) is 18.2. The molecule has 0 unspecified atom stereocenters. The van der Waals surface area contributed by atoms with Crippen LogP contribution in [0, 0.1) is 6.92 Å². The number of carbonyl (C=O) groups is 1. The van der Waals surface area contributed by atoms with Crippen LogP contribution < -0.4 is 0 Å². The highest BCUT2D eigenvalue weighted by atomic mass is 79.9. The van der Waals surface area contributed by atoms with E-state index in [2.05, 4.69) is 20.9 Å². The van der Waals surface area contributed by atoms with Gasteiger partial charge in [-0.15, -0.1) is 0 Å². The second-order valence-corrected chi connectivity index (χ2v) is 5.08.